The summed E-state index contributed by atoms with van der Waals surface area (Å²) in [6.45, 7) is 4.10. The molecule has 9 heavy (non-hydrogen) atoms. The van der Waals surface area contributed by atoms with Gasteiger partial charge in [-0.3, -0.25) is 0 Å². The van der Waals surface area contributed by atoms with Gasteiger partial charge in [0.25, 0.3) is 0 Å². The molecule has 1 aliphatic heterocycles. The third-order valence-electron chi connectivity index (χ3n) is 1.30. The lowest BCUT2D eigenvalue weighted by Crippen LogP contribution is -2.41. The summed E-state index contributed by atoms with van der Waals surface area (Å²) in [6.07, 6.45) is 0. The summed E-state index contributed by atoms with van der Waals surface area (Å²) in [7, 11) is -2.99. The van der Waals surface area contributed by atoms with Crippen molar-refractivity contribution in [2.75, 3.05) is 6.54 Å². The van der Waals surface area contributed by atoms with Gasteiger partial charge in [-0.15, -0.1) is 0 Å². The summed E-state index contributed by atoms with van der Waals surface area (Å²) in [6, 6.07) is 0. The molecule has 0 aromatic carbocycles. The lowest BCUT2D eigenvalue weighted by molar-refractivity contribution is 0.577. The van der Waals surface area contributed by atoms with Gasteiger partial charge in [0.05, 0.1) is 4.91 Å². The van der Waals surface area contributed by atoms with Gasteiger partial charge in [-0.1, -0.05) is 5.57 Å². The molecular formula is C5H9NO2S. The molecule has 0 radical (unpaired) electrons. The van der Waals surface area contributed by atoms with Gasteiger partial charge < -0.3 is 0 Å². The Labute approximate surface area is 54.8 Å². The van der Waals surface area contributed by atoms with Crippen molar-refractivity contribution in [1.29, 1.82) is 0 Å². The van der Waals surface area contributed by atoms with Crippen LogP contribution in [0.4, 0.5) is 0 Å². The highest BCUT2D eigenvalue weighted by Crippen LogP contribution is 2.16. The predicted octanol–water partition coefficient (Wildman–Crippen LogP) is 0.213. The maximum atomic E-state index is 10.7. The van der Waals surface area contributed by atoms with Crippen molar-refractivity contribution in [3.05, 3.63) is 10.5 Å². The van der Waals surface area contributed by atoms with Crippen LogP contribution in [0.5, 0.6) is 0 Å². The zero-order valence-corrected chi connectivity index (χ0v) is 6.25. The summed E-state index contributed by atoms with van der Waals surface area (Å²) in [5, 5.41) is 0. The van der Waals surface area contributed by atoms with E-state index < -0.39 is 10.0 Å². The minimum atomic E-state index is -2.99. The predicted molar refractivity (Wildman–Crippen MR) is 35.3 cm³/mol. The molecular weight excluding hydrogens is 138 g/mol. The van der Waals surface area contributed by atoms with Crippen molar-refractivity contribution in [1.82, 2.24) is 4.72 Å². The van der Waals surface area contributed by atoms with E-state index in [9.17, 15) is 8.42 Å². The largest absolute Gasteiger partial charge is 0.238 e. The molecule has 0 aromatic heterocycles. The maximum Gasteiger partial charge on any atom is 0.238 e. The van der Waals surface area contributed by atoms with Crippen molar-refractivity contribution in [2.45, 2.75) is 13.8 Å². The molecule has 3 nitrogen and oxygen atoms in total. The Morgan fingerprint density at radius 3 is 2.11 bits per heavy atom. The lowest BCUT2D eigenvalue weighted by Gasteiger charge is -2.20. The average Bonchev–Trinajstić information content (AvgIpc) is 1.62. The van der Waals surface area contributed by atoms with Gasteiger partial charge in [-0.25, -0.2) is 13.1 Å². The van der Waals surface area contributed by atoms with Gasteiger partial charge in [0.1, 0.15) is 0 Å². The molecule has 1 fully saturated rings. The van der Waals surface area contributed by atoms with Gasteiger partial charge >= 0.3 is 0 Å². The maximum absolute atomic E-state index is 10.7. The van der Waals surface area contributed by atoms with Gasteiger partial charge in [0.15, 0.2) is 0 Å². The number of sulfonamides is 1. The number of allylic oxidation sites excluding steroid dienone is 1. The van der Waals surface area contributed by atoms with Crippen LogP contribution < -0.4 is 4.72 Å². The smallest absolute Gasteiger partial charge is 0.207 e. The molecule has 0 aromatic rings. The van der Waals surface area contributed by atoms with E-state index in [4.69, 9.17) is 0 Å². The first-order chi connectivity index (χ1) is 4.04. The van der Waals surface area contributed by atoms with Gasteiger partial charge in [0, 0.05) is 6.54 Å². The fourth-order valence-electron chi connectivity index (χ4n) is 0.708. The first-order valence-electron chi connectivity index (χ1n) is 2.70. The van der Waals surface area contributed by atoms with Crippen LogP contribution in [-0.2, 0) is 10.0 Å². The molecule has 1 rings (SSSR count). The highest BCUT2D eigenvalue weighted by molar-refractivity contribution is 7.94. The highest BCUT2D eigenvalue weighted by atomic mass is 32.2. The van der Waals surface area contributed by atoms with E-state index in [1.807, 2.05) is 0 Å². The fraction of sp³-hybridized carbons (Fsp3) is 0.600. The lowest BCUT2D eigenvalue weighted by atomic mass is 10.3. The Balaban J connectivity index is 3.05. The second-order valence-electron chi connectivity index (χ2n) is 2.25. The van der Waals surface area contributed by atoms with Crippen LogP contribution in [0, 0.1) is 0 Å². The van der Waals surface area contributed by atoms with Gasteiger partial charge in [-0.2, -0.15) is 0 Å². The van der Waals surface area contributed by atoms with Crippen molar-refractivity contribution in [2.24, 2.45) is 0 Å². The molecule has 0 amide bonds. The molecule has 0 bridgehead atoms. The Morgan fingerprint density at radius 2 is 2.11 bits per heavy atom. The minimum Gasteiger partial charge on any atom is -0.207 e. The molecule has 0 saturated carbocycles. The molecule has 4 heteroatoms. The van der Waals surface area contributed by atoms with E-state index >= 15 is 0 Å². The first kappa shape index (κ1) is 6.77. The van der Waals surface area contributed by atoms with E-state index in [0.29, 0.717) is 11.4 Å². The molecule has 0 unspecified atom stereocenters. The minimum absolute atomic E-state index is 0.505. The number of rotatable bonds is 0. The van der Waals surface area contributed by atoms with Crippen molar-refractivity contribution in [3.63, 3.8) is 0 Å². The van der Waals surface area contributed by atoms with Crippen LogP contribution in [0.25, 0.3) is 0 Å². The summed E-state index contributed by atoms with van der Waals surface area (Å²) in [5.74, 6) is 0. The van der Waals surface area contributed by atoms with Crippen LogP contribution in [-0.4, -0.2) is 15.0 Å². The Hall–Kier alpha value is -0.350. The molecule has 0 spiro atoms. The number of nitrogens with one attached hydrogen (secondary N) is 1. The van der Waals surface area contributed by atoms with E-state index in [0.717, 1.165) is 5.57 Å². The van der Waals surface area contributed by atoms with Crippen molar-refractivity contribution < 1.29 is 8.42 Å². The highest BCUT2D eigenvalue weighted by Gasteiger charge is 2.28. The fourth-order valence-corrected chi connectivity index (χ4v) is 1.77. The monoisotopic (exact) mass is 147 g/mol. The Morgan fingerprint density at radius 1 is 1.56 bits per heavy atom. The van der Waals surface area contributed by atoms with Crippen molar-refractivity contribution >= 4 is 10.0 Å². The SMILES string of the molecule is CC(C)=C1CNS1(=O)=O. The molecule has 0 aliphatic carbocycles. The van der Waals surface area contributed by atoms with Crippen LogP contribution in [0.1, 0.15) is 13.8 Å². The van der Waals surface area contributed by atoms with E-state index in [-0.39, 0.29) is 0 Å². The zero-order valence-electron chi connectivity index (χ0n) is 5.43. The van der Waals surface area contributed by atoms with Crippen molar-refractivity contribution in [3.8, 4) is 0 Å². The topological polar surface area (TPSA) is 46.2 Å². The normalized spacial score (nSPS) is 23.1. The van der Waals surface area contributed by atoms with E-state index in [1.54, 1.807) is 13.8 Å². The van der Waals surface area contributed by atoms with Crippen LogP contribution >= 0.6 is 0 Å². The molecule has 1 saturated heterocycles. The van der Waals surface area contributed by atoms with E-state index in [2.05, 4.69) is 4.72 Å². The number of hydrogen-bond acceptors (Lipinski definition) is 2. The Bertz CT molecular complexity index is 246. The van der Waals surface area contributed by atoms with Gasteiger partial charge in [-0.05, 0) is 13.8 Å². The third-order valence-corrected chi connectivity index (χ3v) is 3.03. The molecule has 52 valence electrons. The molecule has 0 atom stereocenters. The second-order valence-corrected chi connectivity index (χ2v) is 4.04. The summed E-state index contributed by atoms with van der Waals surface area (Å²) in [5.41, 5.74) is 0.883. The molecule has 1 heterocycles. The van der Waals surface area contributed by atoms with Gasteiger partial charge in [0.2, 0.25) is 10.0 Å². The number of hydrogen-bond donors (Lipinski definition) is 1. The summed E-state index contributed by atoms with van der Waals surface area (Å²) >= 11 is 0. The quantitative estimate of drug-likeness (QED) is 0.532. The third kappa shape index (κ3) is 0.997. The Kier molecular flexibility index (Phi) is 1.36. The molecule has 1 aliphatic rings. The van der Waals surface area contributed by atoms with E-state index in [1.165, 1.54) is 0 Å². The first-order valence-corrected chi connectivity index (χ1v) is 4.18. The van der Waals surface area contributed by atoms with Crippen LogP contribution in [0.2, 0.25) is 0 Å². The average molecular weight is 147 g/mol. The standard InChI is InChI=1S/C5H9NO2S/c1-4(2)5-3-6-9(5,7)8/h6H,3H2,1-2H3. The van der Waals surface area contributed by atoms with Crippen LogP contribution in [0.15, 0.2) is 10.5 Å². The van der Waals surface area contributed by atoms with Crippen LogP contribution in [0.3, 0.4) is 0 Å². The molecule has 1 N–H and O–H groups in total. The summed E-state index contributed by atoms with van der Waals surface area (Å²) in [4.78, 5) is 0.544. The second kappa shape index (κ2) is 1.82. The summed E-state index contributed by atoms with van der Waals surface area (Å²) < 4.78 is 23.7. The zero-order chi connectivity index (χ0) is 7.07.